The lowest BCUT2D eigenvalue weighted by Crippen LogP contribution is -2.27. The van der Waals surface area contributed by atoms with Gasteiger partial charge in [0.1, 0.15) is 29.3 Å². The molecule has 0 unspecified atom stereocenters. The molecule has 0 heterocycles. The molecule has 0 radical (unpaired) electrons. The SMILES string of the molecule is CNC/C(C#N)=c1/c(F)c(F)c2c(F)c(=C(C#N)C#N)c(F)c(F)c2c1F. The van der Waals surface area contributed by atoms with E-state index < -0.39 is 73.8 Å². The molecule has 2 rings (SSSR count). The smallest absolute Gasteiger partial charge is 0.171 e. The Kier molecular flexibility index (Phi) is 5.39. The first-order valence-electron chi connectivity index (χ1n) is 7.01. The summed E-state index contributed by atoms with van der Waals surface area (Å²) in [6, 6.07) is 3.58. The van der Waals surface area contributed by atoms with Gasteiger partial charge in [0.25, 0.3) is 0 Å². The maximum atomic E-state index is 14.7. The van der Waals surface area contributed by atoms with Crippen molar-refractivity contribution in [1.82, 2.24) is 5.32 Å². The van der Waals surface area contributed by atoms with Crippen LogP contribution in [0.2, 0.25) is 0 Å². The Bertz CT molecular complexity index is 1210. The van der Waals surface area contributed by atoms with Crippen molar-refractivity contribution in [1.29, 1.82) is 15.8 Å². The number of fused-ring (bicyclic) bond motifs is 1. The van der Waals surface area contributed by atoms with Crippen LogP contribution in [0.25, 0.3) is 21.9 Å². The fourth-order valence-corrected chi connectivity index (χ4v) is 2.50. The lowest BCUT2D eigenvalue weighted by molar-refractivity contribution is 0.470. The zero-order chi connectivity index (χ0) is 20.5. The highest BCUT2D eigenvalue weighted by Gasteiger charge is 2.28. The van der Waals surface area contributed by atoms with Gasteiger partial charge in [0.2, 0.25) is 0 Å². The highest BCUT2D eigenvalue weighted by Crippen LogP contribution is 2.26. The van der Waals surface area contributed by atoms with Gasteiger partial charge in [0.15, 0.2) is 23.3 Å². The number of hydrogen-bond donors (Lipinski definition) is 1. The van der Waals surface area contributed by atoms with Crippen LogP contribution in [0.1, 0.15) is 0 Å². The minimum Gasteiger partial charge on any atom is -0.315 e. The average molecular weight is 380 g/mol. The van der Waals surface area contributed by atoms with Crippen molar-refractivity contribution in [2.24, 2.45) is 0 Å². The Balaban J connectivity index is 3.38. The zero-order valence-electron chi connectivity index (χ0n) is 13.3. The molecule has 4 nitrogen and oxygen atoms in total. The third-order valence-corrected chi connectivity index (χ3v) is 3.66. The second-order valence-corrected chi connectivity index (χ2v) is 5.10. The van der Waals surface area contributed by atoms with Crippen molar-refractivity contribution < 1.29 is 26.3 Å². The molecule has 0 aliphatic heterocycles. The molecule has 0 saturated carbocycles. The molecule has 1 N–H and O–H groups in total. The Morgan fingerprint density at radius 3 is 1.56 bits per heavy atom. The normalized spacial score (nSPS) is 11.6. The van der Waals surface area contributed by atoms with Gasteiger partial charge < -0.3 is 5.32 Å². The molecular formula is C17H6F6N4. The standard InChI is InChI=1S/C17H6F6N4/c1-27-5-7(4-26)9-13(19)11-10(17(23)15(9)21)12(18)8(6(2-24)3-25)14(20)16(11)22/h27H,5H2,1H3/b9-7+. The first kappa shape index (κ1) is 19.8. The van der Waals surface area contributed by atoms with Crippen LogP contribution in [-0.2, 0) is 0 Å². The predicted octanol–water partition coefficient (Wildman–Crippen LogP) is 1.77. The van der Waals surface area contributed by atoms with Crippen LogP contribution in [0.5, 0.6) is 0 Å². The van der Waals surface area contributed by atoms with E-state index in [-0.39, 0.29) is 0 Å². The molecule has 0 amide bonds. The molecule has 0 atom stereocenters. The third kappa shape index (κ3) is 2.84. The van der Waals surface area contributed by atoms with E-state index in [0.29, 0.717) is 0 Å². The summed E-state index contributed by atoms with van der Waals surface area (Å²) < 4.78 is 86.5. The second kappa shape index (κ2) is 7.36. The van der Waals surface area contributed by atoms with Gasteiger partial charge in [0.05, 0.1) is 32.9 Å². The largest absolute Gasteiger partial charge is 0.315 e. The van der Waals surface area contributed by atoms with Gasteiger partial charge in [-0.1, -0.05) is 0 Å². The van der Waals surface area contributed by atoms with Crippen LogP contribution in [0.3, 0.4) is 0 Å². The fraction of sp³-hybridized carbons (Fsp3) is 0.118. The molecule has 0 spiro atoms. The van der Waals surface area contributed by atoms with Crippen LogP contribution in [-0.4, -0.2) is 13.6 Å². The van der Waals surface area contributed by atoms with Gasteiger partial charge in [-0.15, -0.1) is 0 Å². The molecule has 2 aromatic rings. The molecule has 2 aromatic carbocycles. The van der Waals surface area contributed by atoms with E-state index in [9.17, 15) is 26.3 Å². The van der Waals surface area contributed by atoms with Crippen LogP contribution < -0.4 is 15.8 Å². The van der Waals surface area contributed by atoms with Crippen molar-refractivity contribution in [3.63, 3.8) is 0 Å². The number of benzene rings is 2. The van der Waals surface area contributed by atoms with E-state index in [1.54, 1.807) is 0 Å². The van der Waals surface area contributed by atoms with Crippen LogP contribution in [0.15, 0.2) is 0 Å². The molecule has 0 aliphatic rings. The number of halogens is 6. The third-order valence-electron chi connectivity index (χ3n) is 3.66. The van der Waals surface area contributed by atoms with Crippen molar-refractivity contribution in [2.45, 2.75) is 0 Å². The van der Waals surface area contributed by atoms with Gasteiger partial charge in [-0.25, -0.2) is 26.3 Å². The van der Waals surface area contributed by atoms with E-state index in [0.717, 1.165) is 12.1 Å². The summed E-state index contributed by atoms with van der Waals surface area (Å²) in [4.78, 5) is 0. The van der Waals surface area contributed by atoms with E-state index >= 15 is 0 Å². The Labute approximate surface area is 147 Å². The van der Waals surface area contributed by atoms with Crippen molar-refractivity contribution in [2.75, 3.05) is 13.6 Å². The maximum Gasteiger partial charge on any atom is 0.171 e. The second-order valence-electron chi connectivity index (χ2n) is 5.10. The monoisotopic (exact) mass is 380 g/mol. The summed E-state index contributed by atoms with van der Waals surface area (Å²) in [6.45, 7) is -0.444. The molecule has 136 valence electrons. The van der Waals surface area contributed by atoms with E-state index in [4.69, 9.17) is 15.8 Å². The molecule has 0 bridgehead atoms. The molecular weight excluding hydrogens is 374 g/mol. The Morgan fingerprint density at radius 2 is 1.15 bits per heavy atom. The van der Waals surface area contributed by atoms with Gasteiger partial charge >= 0.3 is 0 Å². The number of nitriles is 3. The number of hydrogen-bond acceptors (Lipinski definition) is 4. The summed E-state index contributed by atoms with van der Waals surface area (Å²) in [6.07, 6.45) is 0. The minimum absolute atomic E-state index is 0.444. The Morgan fingerprint density at radius 1 is 0.704 bits per heavy atom. The Hall–Kier alpha value is -3.55. The summed E-state index contributed by atoms with van der Waals surface area (Å²) in [5.41, 5.74) is -1.94. The molecule has 10 heteroatoms. The average Bonchev–Trinajstić information content (AvgIpc) is 2.65. The van der Waals surface area contributed by atoms with Crippen molar-refractivity contribution >= 4 is 21.9 Å². The minimum atomic E-state index is -2.14. The molecule has 0 aromatic heterocycles. The molecule has 0 fully saturated rings. The van der Waals surface area contributed by atoms with Crippen molar-refractivity contribution in [3.8, 4) is 18.2 Å². The van der Waals surface area contributed by atoms with Gasteiger partial charge in [-0.2, -0.15) is 15.8 Å². The molecule has 0 saturated heterocycles. The number of nitrogens with zero attached hydrogens (tertiary/aromatic N) is 3. The van der Waals surface area contributed by atoms with E-state index in [1.807, 2.05) is 0 Å². The molecule has 27 heavy (non-hydrogen) atoms. The first-order chi connectivity index (χ1) is 12.8. The molecule has 0 aliphatic carbocycles. The van der Waals surface area contributed by atoms with Gasteiger partial charge in [0, 0.05) is 6.54 Å². The topological polar surface area (TPSA) is 83.4 Å². The summed E-state index contributed by atoms with van der Waals surface area (Å²) in [5, 5.41) is 22.8. The zero-order valence-corrected chi connectivity index (χ0v) is 13.3. The fourth-order valence-electron chi connectivity index (χ4n) is 2.50. The van der Waals surface area contributed by atoms with Gasteiger partial charge in [-0.3, -0.25) is 0 Å². The number of rotatable bonds is 2. The lowest BCUT2D eigenvalue weighted by Gasteiger charge is -2.10. The van der Waals surface area contributed by atoms with E-state index in [2.05, 4.69) is 5.32 Å². The first-order valence-corrected chi connectivity index (χ1v) is 7.01. The van der Waals surface area contributed by atoms with Crippen molar-refractivity contribution in [3.05, 3.63) is 45.3 Å². The summed E-state index contributed by atoms with van der Waals surface area (Å²) in [7, 11) is 1.30. The summed E-state index contributed by atoms with van der Waals surface area (Å²) in [5.74, 6) is -12.3. The van der Waals surface area contributed by atoms with Crippen LogP contribution >= 0.6 is 0 Å². The highest BCUT2D eigenvalue weighted by molar-refractivity contribution is 5.88. The number of nitrogens with one attached hydrogen (secondary N) is 1. The van der Waals surface area contributed by atoms with Crippen LogP contribution in [0.4, 0.5) is 26.3 Å². The highest BCUT2D eigenvalue weighted by atomic mass is 19.2. The predicted molar refractivity (Wildman–Crippen MR) is 80.5 cm³/mol. The maximum absolute atomic E-state index is 14.7. The summed E-state index contributed by atoms with van der Waals surface area (Å²) >= 11 is 0. The quantitative estimate of drug-likeness (QED) is 0.636. The van der Waals surface area contributed by atoms with Crippen LogP contribution in [0, 0.1) is 68.9 Å². The van der Waals surface area contributed by atoms with E-state index in [1.165, 1.54) is 13.1 Å². The lowest BCUT2D eigenvalue weighted by atomic mass is 10.0. The van der Waals surface area contributed by atoms with Gasteiger partial charge in [-0.05, 0) is 7.05 Å².